The van der Waals surface area contributed by atoms with Crippen molar-refractivity contribution in [3.05, 3.63) is 34.9 Å². The average Bonchev–Trinajstić information content (AvgIpc) is 2.74. The van der Waals surface area contributed by atoms with Crippen LogP contribution >= 0.6 is 0 Å². The number of hydrogen-bond donors (Lipinski definition) is 0. The summed E-state index contributed by atoms with van der Waals surface area (Å²) in [4.78, 5) is 0. The zero-order chi connectivity index (χ0) is 21.3. The van der Waals surface area contributed by atoms with Gasteiger partial charge >= 0.3 is 0 Å². The highest BCUT2D eigenvalue weighted by Gasteiger charge is 2.22. The standard InChI is InChI=1S/C26H36F2O2/c1-3-5-19-7-9-20(10-8-19)11-13-23-24(27)15-21(16-25(23)28)12-14-26-29-17-22(6-4-2)18-30-26/h15-16,19-20,22,26H,3-10,12,14,17-18H2,1-2H3/t19-,20-,22-,26-. The van der Waals surface area contributed by atoms with Crippen molar-refractivity contribution >= 4 is 0 Å². The first kappa shape index (κ1) is 23.2. The lowest BCUT2D eigenvalue weighted by atomic mass is 9.80. The lowest BCUT2D eigenvalue weighted by Crippen LogP contribution is -2.32. The SMILES string of the molecule is CCC[C@H]1CC[C@H](C#Cc2c(F)cc(CC[C@H]3OC[C@H](CCC)CO3)cc2F)CC1. The van der Waals surface area contributed by atoms with Crippen LogP contribution in [-0.2, 0) is 15.9 Å². The average molecular weight is 419 g/mol. The first-order valence-electron chi connectivity index (χ1n) is 11.8. The Bertz CT molecular complexity index is 697. The van der Waals surface area contributed by atoms with Gasteiger partial charge in [0.25, 0.3) is 0 Å². The fourth-order valence-corrected chi connectivity index (χ4v) is 4.68. The normalized spacial score (nSPS) is 26.8. The van der Waals surface area contributed by atoms with Crippen LogP contribution in [0.25, 0.3) is 0 Å². The Morgan fingerprint density at radius 3 is 2.07 bits per heavy atom. The summed E-state index contributed by atoms with van der Waals surface area (Å²) in [7, 11) is 0. The smallest absolute Gasteiger partial charge is 0.157 e. The molecule has 1 saturated carbocycles. The van der Waals surface area contributed by atoms with Crippen molar-refractivity contribution in [1.29, 1.82) is 0 Å². The first-order valence-corrected chi connectivity index (χ1v) is 11.8. The highest BCUT2D eigenvalue weighted by molar-refractivity contribution is 5.39. The van der Waals surface area contributed by atoms with Gasteiger partial charge in [0.1, 0.15) is 11.6 Å². The van der Waals surface area contributed by atoms with E-state index in [0.29, 0.717) is 37.5 Å². The molecule has 2 fully saturated rings. The van der Waals surface area contributed by atoms with Crippen LogP contribution in [0.4, 0.5) is 8.78 Å². The van der Waals surface area contributed by atoms with Crippen molar-refractivity contribution in [2.24, 2.45) is 17.8 Å². The third kappa shape index (κ3) is 6.79. The molecule has 1 heterocycles. The highest BCUT2D eigenvalue weighted by atomic mass is 19.1. The second-order valence-electron chi connectivity index (χ2n) is 9.00. The quantitative estimate of drug-likeness (QED) is 0.462. The minimum atomic E-state index is -0.564. The maximum Gasteiger partial charge on any atom is 0.157 e. The molecule has 0 bridgehead atoms. The molecular weight excluding hydrogens is 382 g/mol. The molecule has 2 nitrogen and oxygen atoms in total. The number of rotatable bonds is 7. The van der Waals surface area contributed by atoms with Crippen LogP contribution in [-0.4, -0.2) is 19.5 Å². The maximum atomic E-state index is 14.5. The molecule has 0 amide bonds. The van der Waals surface area contributed by atoms with Gasteiger partial charge in [-0.05, 0) is 62.1 Å². The summed E-state index contributed by atoms with van der Waals surface area (Å²) in [5.74, 6) is 6.32. The predicted molar refractivity (Wildman–Crippen MR) is 116 cm³/mol. The second kappa shape index (κ2) is 11.8. The molecule has 0 N–H and O–H groups in total. The van der Waals surface area contributed by atoms with Crippen molar-refractivity contribution in [2.75, 3.05) is 13.2 Å². The highest BCUT2D eigenvalue weighted by Crippen LogP contribution is 2.31. The molecule has 0 atom stereocenters. The van der Waals surface area contributed by atoms with Gasteiger partial charge in [0.05, 0.1) is 18.8 Å². The molecule has 30 heavy (non-hydrogen) atoms. The van der Waals surface area contributed by atoms with Crippen LogP contribution in [0.1, 0.15) is 82.8 Å². The van der Waals surface area contributed by atoms with E-state index in [9.17, 15) is 8.78 Å². The summed E-state index contributed by atoms with van der Waals surface area (Å²) in [6.07, 6.45) is 10.0. The third-order valence-electron chi connectivity index (χ3n) is 6.45. The minimum absolute atomic E-state index is 0.0954. The predicted octanol–water partition coefficient (Wildman–Crippen LogP) is 6.64. The monoisotopic (exact) mass is 418 g/mol. The van der Waals surface area contributed by atoms with Crippen LogP contribution in [0.2, 0.25) is 0 Å². The fourth-order valence-electron chi connectivity index (χ4n) is 4.68. The first-order chi connectivity index (χ1) is 14.6. The molecule has 166 valence electrons. The molecule has 0 spiro atoms. The lowest BCUT2D eigenvalue weighted by molar-refractivity contribution is -0.203. The summed E-state index contributed by atoms with van der Waals surface area (Å²) < 4.78 is 40.5. The van der Waals surface area contributed by atoms with E-state index < -0.39 is 11.6 Å². The van der Waals surface area contributed by atoms with Crippen LogP contribution in [0, 0.1) is 41.2 Å². The molecule has 0 radical (unpaired) electrons. The zero-order valence-electron chi connectivity index (χ0n) is 18.5. The fraction of sp³-hybridized carbons (Fsp3) is 0.692. The van der Waals surface area contributed by atoms with Gasteiger partial charge in [-0.3, -0.25) is 0 Å². The molecule has 1 aliphatic heterocycles. The van der Waals surface area contributed by atoms with Crippen LogP contribution in [0.3, 0.4) is 0 Å². The molecule has 1 aliphatic carbocycles. The number of benzene rings is 1. The molecule has 0 unspecified atom stereocenters. The number of halogens is 2. The molecule has 1 saturated heterocycles. The van der Waals surface area contributed by atoms with Crippen LogP contribution in [0.15, 0.2) is 12.1 Å². The van der Waals surface area contributed by atoms with Gasteiger partial charge in [-0.1, -0.05) is 45.0 Å². The Hall–Kier alpha value is -1.44. The summed E-state index contributed by atoms with van der Waals surface area (Å²) in [6.45, 7) is 5.78. The summed E-state index contributed by atoms with van der Waals surface area (Å²) in [5.41, 5.74) is 0.528. The third-order valence-corrected chi connectivity index (χ3v) is 6.45. The van der Waals surface area contributed by atoms with Gasteiger partial charge in [0.2, 0.25) is 0 Å². The van der Waals surface area contributed by atoms with Gasteiger partial charge in [0.15, 0.2) is 6.29 Å². The van der Waals surface area contributed by atoms with Crippen molar-refractivity contribution < 1.29 is 18.3 Å². The lowest BCUT2D eigenvalue weighted by Gasteiger charge is -2.29. The Kier molecular flexibility index (Phi) is 9.15. The van der Waals surface area contributed by atoms with E-state index in [2.05, 4.69) is 25.7 Å². The van der Waals surface area contributed by atoms with Gasteiger partial charge in [-0.25, -0.2) is 8.78 Å². The molecule has 3 rings (SSSR count). The van der Waals surface area contributed by atoms with E-state index >= 15 is 0 Å². The van der Waals surface area contributed by atoms with Crippen molar-refractivity contribution in [1.82, 2.24) is 0 Å². The number of hydrogen-bond acceptors (Lipinski definition) is 2. The molecular formula is C26H36F2O2. The Labute approximate surface area is 180 Å². The molecule has 4 heteroatoms. The Morgan fingerprint density at radius 1 is 0.867 bits per heavy atom. The second-order valence-corrected chi connectivity index (χ2v) is 9.00. The number of ether oxygens (including phenoxy) is 2. The van der Waals surface area contributed by atoms with E-state index in [-0.39, 0.29) is 17.8 Å². The molecule has 1 aromatic carbocycles. The van der Waals surface area contributed by atoms with Crippen molar-refractivity contribution in [3.63, 3.8) is 0 Å². The number of aryl methyl sites for hydroxylation is 1. The Morgan fingerprint density at radius 2 is 1.47 bits per heavy atom. The van der Waals surface area contributed by atoms with Gasteiger partial charge in [0, 0.05) is 18.3 Å². The van der Waals surface area contributed by atoms with E-state index in [1.165, 1.54) is 37.8 Å². The largest absolute Gasteiger partial charge is 0.352 e. The van der Waals surface area contributed by atoms with Crippen molar-refractivity contribution in [2.45, 2.75) is 84.3 Å². The van der Waals surface area contributed by atoms with Crippen LogP contribution in [0.5, 0.6) is 0 Å². The Balaban J connectivity index is 1.51. The van der Waals surface area contributed by atoms with E-state index in [1.807, 2.05) is 0 Å². The van der Waals surface area contributed by atoms with Crippen LogP contribution < -0.4 is 0 Å². The van der Waals surface area contributed by atoms with E-state index in [4.69, 9.17) is 9.47 Å². The maximum absolute atomic E-state index is 14.5. The zero-order valence-corrected chi connectivity index (χ0v) is 18.5. The minimum Gasteiger partial charge on any atom is -0.352 e. The van der Waals surface area contributed by atoms with Gasteiger partial charge < -0.3 is 9.47 Å². The topological polar surface area (TPSA) is 18.5 Å². The van der Waals surface area contributed by atoms with Gasteiger partial charge in [-0.15, -0.1) is 0 Å². The van der Waals surface area contributed by atoms with Crippen molar-refractivity contribution in [3.8, 4) is 11.8 Å². The summed E-state index contributed by atoms with van der Waals surface area (Å²) in [6, 6.07) is 2.82. The molecule has 1 aromatic rings. The van der Waals surface area contributed by atoms with E-state index in [1.54, 1.807) is 0 Å². The molecule has 0 aromatic heterocycles. The van der Waals surface area contributed by atoms with Gasteiger partial charge in [-0.2, -0.15) is 0 Å². The summed E-state index contributed by atoms with van der Waals surface area (Å²) in [5, 5.41) is 0. The van der Waals surface area contributed by atoms with E-state index in [0.717, 1.165) is 31.6 Å². The summed E-state index contributed by atoms with van der Waals surface area (Å²) >= 11 is 0. The molecule has 2 aliphatic rings.